The highest BCUT2D eigenvalue weighted by atomic mass is 19.4. The van der Waals surface area contributed by atoms with Crippen LogP contribution in [0.15, 0.2) is 48.5 Å². The van der Waals surface area contributed by atoms with Gasteiger partial charge in [0.1, 0.15) is 41.8 Å². The molecule has 5 rings (SSSR count). The van der Waals surface area contributed by atoms with Crippen LogP contribution in [0.4, 0.5) is 17.6 Å². The summed E-state index contributed by atoms with van der Waals surface area (Å²) in [6, 6.07) is 10.3. The number of nitrogens with one attached hydrogen (secondary N) is 1. The van der Waals surface area contributed by atoms with Crippen molar-refractivity contribution in [3.63, 3.8) is 0 Å². The molecule has 1 saturated carbocycles. The molecule has 0 saturated heterocycles. The van der Waals surface area contributed by atoms with Crippen molar-refractivity contribution in [3.05, 3.63) is 71.2 Å². The van der Waals surface area contributed by atoms with Crippen LogP contribution >= 0.6 is 0 Å². The van der Waals surface area contributed by atoms with Crippen LogP contribution in [-0.4, -0.2) is 60.0 Å². The van der Waals surface area contributed by atoms with Gasteiger partial charge >= 0.3 is 6.18 Å². The fraction of sp³-hybridized carbons (Fsp3) is 0.406. The van der Waals surface area contributed by atoms with E-state index in [2.05, 4.69) is 10.3 Å². The second-order valence-electron chi connectivity index (χ2n) is 11.3. The van der Waals surface area contributed by atoms with Crippen LogP contribution in [0.2, 0.25) is 0 Å². The molecule has 2 aliphatic rings. The third kappa shape index (κ3) is 6.82. The van der Waals surface area contributed by atoms with Crippen molar-refractivity contribution in [2.75, 3.05) is 19.8 Å². The van der Waals surface area contributed by atoms with Crippen molar-refractivity contribution in [1.29, 1.82) is 0 Å². The van der Waals surface area contributed by atoms with E-state index in [9.17, 15) is 32.3 Å². The van der Waals surface area contributed by atoms with Gasteiger partial charge in [0.2, 0.25) is 5.91 Å². The molecule has 2 aromatic carbocycles. The number of carbonyl (C=O) groups excluding carboxylic acids is 2. The topological polar surface area (TPSA) is 133 Å². The normalized spacial score (nSPS) is 18.8. The number of carbonyl (C=O) groups is 2. The maximum absolute atomic E-state index is 14.6. The van der Waals surface area contributed by atoms with Crippen molar-refractivity contribution in [2.45, 2.75) is 62.8 Å². The molecular formula is C32H33F4N3O6. The lowest BCUT2D eigenvalue weighted by atomic mass is 9.78. The molecule has 3 atom stereocenters. The molecule has 0 bridgehead atoms. The third-order valence-corrected chi connectivity index (χ3v) is 7.89. The predicted octanol–water partition coefficient (Wildman–Crippen LogP) is 4.79. The first kappa shape index (κ1) is 32.0. The molecule has 3 aromatic rings. The summed E-state index contributed by atoms with van der Waals surface area (Å²) in [6.07, 6.45) is -3.91. The van der Waals surface area contributed by atoms with Gasteiger partial charge in [-0.25, -0.2) is 9.37 Å². The number of nitrogens with two attached hydrogens (primary N) is 1. The lowest BCUT2D eigenvalue weighted by Crippen LogP contribution is -2.42. The Kier molecular flexibility index (Phi) is 8.92. The van der Waals surface area contributed by atoms with Crippen LogP contribution in [0, 0.1) is 5.82 Å². The average Bonchev–Trinajstić information content (AvgIpc) is 3.72. The van der Waals surface area contributed by atoms with Gasteiger partial charge < -0.3 is 30.4 Å². The van der Waals surface area contributed by atoms with Gasteiger partial charge in [0.05, 0.1) is 17.9 Å². The van der Waals surface area contributed by atoms with Crippen LogP contribution < -0.4 is 25.3 Å². The lowest BCUT2D eigenvalue weighted by Gasteiger charge is -2.25. The molecule has 1 aromatic heterocycles. The van der Waals surface area contributed by atoms with Gasteiger partial charge in [-0.2, -0.15) is 13.2 Å². The minimum absolute atomic E-state index is 0.00527. The number of halogens is 4. The Morgan fingerprint density at radius 3 is 2.47 bits per heavy atom. The van der Waals surface area contributed by atoms with E-state index >= 15 is 0 Å². The van der Waals surface area contributed by atoms with Crippen LogP contribution in [0.1, 0.15) is 60.6 Å². The summed E-state index contributed by atoms with van der Waals surface area (Å²) in [6.45, 7) is 2.12. The summed E-state index contributed by atoms with van der Waals surface area (Å²) in [5.74, 6) is -3.79. The number of hydrogen-bond acceptors (Lipinski definition) is 7. The lowest BCUT2D eigenvalue weighted by molar-refractivity contribution is -0.149. The number of aliphatic hydroxyl groups is 1. The highest BCUT2D eigenvalue weighted by Crippen LogP contribution is 2.48. The molecule has 1 fully saturated rings. The largest absolute Gasteiger partial charge is 0.489 e. The molecule has 0 radical (unpaired) electrons. The first-order valence-electron chi connectivity index (χ1n) is 14.5. The van der Waals surface area contributed by atoms with E-state index in [4.69, 9.17) is 19.9 Å². The molecule has 0 spiro atoms. The van der Waals surface area contributed by atoms with Gasteiger partial charge in [-0.1, -0.05) is 6.92 Å². The molecular weight excluding hydrogens is 598 g/mol. The maximum Gasteiger partial charge on any atom is 0.398 e. The van der Waals surface area contributed by atoms with E-state index in [-0.39, 0.29) is 59.6 Å². The van der Waals surface area contributed by atoms with Crippen molar-refractivity contribution in [2.24, 2.45) is 5.73 Å². The number of fused-ring (bicyclic) bond motifs is 1. The zero-order valence-electron chi connectivity index (χ0n) is 24.6. The number of amides is 2. The van der Waals surface area contributed by atoms with Crippen molar-refractivity contribution in [1.82, 2.24) is 10.3 Å². The molecule has 2 heterocycles. The molecule has 240 valence electrons. The maximum atomic E-state index is 14.6. The number of benzene rings is 2. The van der Waals surface area contributed by atoms with Gasteiger partial charge in [0.15, 0.2) is 11.5 Å². The predicted molar refractivity (Wildman–Crippen MR) is 155 cm³/mol. The van der Waals surface area contributed by atoms with E-state index in [0.29, 0.717) is 5.75 Å². The highest BCUT2D eigenvalue weighted by molar-refractivity contribution is 5.95. The van der Waals surface area contributed by atoms with Crippen LogP contribution in [0.25, 0.3) is 11.3 Å². The quantitative estimate of drug-likeness (QED) is 0.245. The highest BCUT2D eigenvalue weighted by Gasteiger charge is 2.49. The third-order valence-electron chi connectivity index (χ3n) is 7.89. The number of rotatable bonds is 12. The first-order valence-corrected chi connectivity index (χ1v) is 14.5. The van der Waals surface area contributed by atoms with E-state index in [1.807, 2.05) is 0 Å². The summed E-state index contributed by atoms with van der Waals surface area (Å²) < 4.78 is 74.8. The van der Waals surface area contributed by atoms with Crippen molar-refractivity contribution in [3.8, 4) is 28.5 Å². The van der Waals surface area contributed by atoms with Crippen molar-refractivity contribution < 1.29 is 46.5 Å². The monoisotopic (exact) mass is 631 g/mol. The van der Waals surface area contributed by atoms with E-state index in [0.717, 1.165) is 31.0 Å². The SMILES string of the molecule is CC[C@]1(C(N)=O)COc2c1cc([C@@H](CNC(=O)c1ccc(OC[C@@H](C)O)c(OC3CC3)c1)C(F)(F)F)nc2-c1ccc(F)cc1. The smallest absolute Gasteiger partial charge is 0.398 e. The van der Waals surface area contributed by atoms with Crippen LogP contribution in [0.3, 0.4) is 0 Å². The second kappa shape index (κ2) is 12.5. The van der Waals surface area contributed by atoms with Crippen LogP contribution in [0.5, 0.6) is 17.2 Å². The Bertz CT molecular complexity index is 1580. The molecule has 2 amide bonds. The minimum atomic E-state index is -4.87. The number of nitrogens with zero attached hydrogens (tertiary/aromatic N) is 1. The number of aromatic nitrogens is 1. The average molecular weight is 632 g/mol. The standard InChI is InChI=1S/C32H33F4N3O6/c1-3-31(30(37)42)16-44-28-22(31)13-24(39-27(28)18-4-7-20(33)8-5-18)23(32(34,35)36)14-38-29(41)19-6-11-25(43-15-17(2)40)26(12-19)45-21-9-10-21/h4-8,11-13,17,21,23,40H,3,9-10,14-16H2,1-2H3,(H2,37,42)(H,38,41)/t17-,23-,31+/m1/s1. The van der Waals surface area contributed by atoms with Gasteiger partial charge in [-0.15, -0.1) is 0 Å². The van der Waals surface area contributed by atoms with Crippen molar-refractivity contribution >= 4 is 11.8 Å². The molecule has 13 heteroatoms. The molecule has 4 N–H and O–H groups in total. The van der Waals surface area contributed by atoms with Gasteiger partial charge in [0.25, 0.3) is 5.91 Å². The number of primary amides is 1. The number of ether oxygens (including phenoxy) is 3. The number of pyridine rings is 1. The molecule has 9 nitrogen and oxygen atoms in total. The fourth-order valence-corrected chi connectivity index (χ4v) is 5.10. The zero-order chi connectivity index (χ0) is 32.5. The fourth-order valence-electron chi connectivity index (χ4n) is 5.10. The Balaban J connectivity index is 1.48. The van der Waals surface area contributed by atoms with Gasteiger partial charge in [-0.05, 0) is 74.7 Å². The molecule has 0 unspecified atom stereocenters. The Labute approximate surface area is 256 Å². The number of aliphatic hydroxyl groups excluding tert-OH is 1. The summed E-state index contributed by atoms with van der Waals surface area (Å²) in [7, 11) is 0. The summed E-state index contributed by atoms with van der Waals surface area (Å²) >= 11 is 0. The Morgan fingerprint density at radius 2 is 1.87 bits per heavy atom. The minimum Gasteiger partial charge on any atom is -0.489 e. The van der Waals surface area contributed by atoms with E-state index in [1.54, 1.807) is 13.8 Å². The molecule has 1 aliphatic carbocycles. The Morgan fingerprint density at radius 1 is 1.16 bits per heavy atom. The second-order valence-corrected chi connectivity index (χ2v) is 11.3. The van der Waals surface area contributed by atoms with Gasteiger partial charge in [0, 0.05) is 23.2 Å². The summed E-state index contributed by atoms with van der Waals surface area (Å²) in [5.41, 5.74) is 4.32. The number of alkyl halides is 3. The van der Waals surface area contributed by atoms with E-state index < -0.39 is 53.5 Å². The van der Waals surface area contributed by atoms with Gasteiger partial charge in [-0.3, -0.25) is 9.59 Å². The van der Waals surface area contributed by atoms with E-state index in [1.165, 1.54) is 30.3 Å². The zero-order valence-corrected chi connectivity index (χ0v) is 24.6. The Hall–Kier alpha value is -4.39. The number of hydrogen-bond donors (Lipinski definition) is 3. The van der Waals surface area contributed by atoms with Crippen LogP contribution in [-0.2, 0) is 10.2 Å². The summed E-state index contributed by atoms with van der Waals surface area (Å²) in [4.78, 5) is 30.0. The first-order chi connectivity index (χ1) is 21.3. The molecule has 1 aliphatic heterocycles. The molecule has 45 heavy (non-hydrogen) atoms. The summed E-state index contributed by atoms with van der Waals surface area (Å²) in [5, 5.41) is 11.9.